The normalized spacial score (nSPS) is 15.5. The van der Waals surface area contributed by atoms with Crippen LogP contribution < -0.4 is 5.32 Å². The third kappa shape index (κ3) is 4.09. The Hall–Kier alpha value is -2.71. The quantitative estimate of drug-likeness (QED) is 0.798. The summed E-state index contributed by atoms with van der Waals surface area (Å²) >= 11 is 0. The molecule has 0 aromatic heterocycles. The topological polar surface area (TPSA) is 32.3 Å². The molecule has 0 radical (unpaired) electrons. The molecule has 26 heavy (non-hydrogen) atoms. The fourth-order valence-corrected chi connectivity index (χ4v) is 3.42. The van der Waals surface area contributed by atoms with E-state index in [2.05, 4.69) is 28.3 Å². The van der Waals surface area contributed by atoms with E-state index in [0.29, 0.717) is 13.1 Å². The summed E-state index contributed by atoms with van der Waals surface area (Å²) in [6.07, 6.45) is 7.71. The molecule has 1 N–H and O–H groups in total. The molecule has 0 spiro atoms. The lowest BCUT2D eigenvalue weighted by molar-refractivity contribution is -0.116. The van der Waals surface area contributed by atoms with E-state index in [1.54, 1.807) is 0 Å². The number of benzene rings is 2. The summed E-state index contributed by atoms with van der Waals surface area (Å²) in [6.45, 7) is 0.955. The van der Waals surface area contributed by atoms with Crippen molar-refractivity contribution in [1.29, 1.82) is 0 Å². The van der Waals surface area contributed by atoms with Crippen molar-refractivity contribution in [3.05, 3.63) is 65.2 Å². The first-order valence-corrected chi connectivity index (χ1v) is 8.58. The monoisotopic (exact) mass is 354 g/mol. The molecule has 0 heterocycles. The van der Waals surface area contributed by atoms with Gasteiger partial charge >= 0.3 is 0 Å². The first-order chi connectivity index (χ1) is 12.6. The number of amides is 1. The Balaban J connectivity index is 1.61. The molecule has 0 saturated heterocycles. The molecule has 5 heteroatoms. The van der Waals surface area contributed by atoms with Crippen LogP contribution in [0.25, 0.3) is 0 Å². The summed E-state index contributed by atoms with van der Waals surface area (Å²) in [4.78, 5) is 14.3. The van der Waals surface area contributed by atoms with Crippen LogP contribution in [0.1, 0.15) is 30.0 Å². The number of aryl methyl sites for hydroxylation is 1. The van der Waals surface area contributed by atoms with Crippen LogP contribution in [0.15, 0.2) is 42.5 Å². The molecule has 0 saturated carbocycles. The van der Waals surface area contributed by atoms with E-state index >= 15 is 0 Å². The van der Waals surface area contributed by atoms with Gasteiger partial charge in [0, 0.05) is 30.8 Å². The third-order valence-electron chi connectivity index (χ3n) is 4.67. The molecule has 1 unspecified atom stereocenters. The summed E-state index contributed by atoms with van der Waals surface area (Å²) in [5.41, 5.74) is 2.83. The molecule has 0 fully saturated rings. The zero-order chi connectivity index (χ0) is 18.5. The second kappa shape index (κ2) is 8.11. The SMILES string of the molecule is C#CCN(CCC(=O)Nc1ccc(F)c(F)c1)C1CCc2ccccc21. The van der Waals surface area contributed by atoms with Crippen LogP contribution in [0.4, 0.5) is 14.5 Å². The van der Waals surface area contributed by atoms with Gasteiger partial charge in [-0.25, -0.2) is 8.78 Å². The second-order valence-corrected chi connectivity index (χ2v) is 6.35. The Morgan fingerprint density at radius 1 is 1.23 bits per heavy atom. The highest BCUT2D eigenvalue weighted by Gasteiger charge is 2.27. The Labute approximate surface area is 152 Å². The van der Waals surface area contributed by atoms with Crippen LogP contribution in [0.2, 0.25) is 0 Å². The molecule has 2 aromatic carbocycles. The van der Waals surface area contributed by atoms with Crippen LogP contribution in [0, 0.1) is 24.0 Å². The molecule has 1 atom stereocenters. The van der Waals surface area contributed by atoms with E-state index in [4.69, 9.17) is 6.42 Å². The Morgan fingerprint density at radius 3 is 2.81 bits per heavy atom. The number of carbonyl (C=O) groups excluding carboxylic acids is 1. The molecule has 134 valence electrons. The number of rotatable bonds is 6. The number of terminal acetylenes is 1. The van der Waals surface area contributed by atoms with Crippen molar-refractivity contribution in [2.45, 2.75) is 25.3 Å². The van der Waals surface area contributed by atoms with Crippen molar-refractivity contribution in [2.75, 3.05) is 18.4 Å². The number of anilines is 1. The van der Waals surface area contributed by atoms with Gasteiger partial charge in [0.1, 0.15) is 0 Å². The minimum atomic E-state index is -0.987. The molecular formula is C21H20F2N2O. The number of halogens is 2. The molecular weight excluding hydrogens is 334 g/mol. The van der Waals surface area contributed by atoms with Gasteiger partial charge in [0.25, 0.3) is 0 Å². The van der Waals surface area contributed by atoms with Crippen LogP contribution in [-0.2, 0) is 11.2 Å². The van der Waals surface area contributed by atoms with Crippen molar-refractivity contribution >= 4 is 11.6 Å². The maximum absolute atomic E-state index is 13.2. The Kier molecular flexibility index (Phi) is 5.65. The second-order valence-electron chi connectivity index (χ2n) is 6.35. The highest BCUT2D eigenvalue weighted by molar-refractivity contribution is 5.90. The average molecular weight is 354 g/mol. The van der Waals surface area contributed by atoms with Gasteiger partial charge in [0.05, 0.1) is 6.54 Å². The first-order valence-electron chi connectivity index (χ1n) is 8.58. The molecule has 0 aliphatic heterocycles. The number of carbonyl (C=O) groups is 1. The molecule has 3 nitrogen and oxygen atoms in total. The zero-order valence-corrected chi connectivity index (χ0v) is 14.3. The minimum absolute atomic E-state index is 0.207. The van der Waals surface area contributed by atoms with E-state index < -0.39 is 11.6 Å². The van der Waals surface area contributed by atoms with Gasteiger partial charge in [-0.15, -0.1) is 6.42 Å². The fraction of sp³-hybridized carbons (Fsp3) is 0.286. The fourth-order valence-electron chi connectivity index (χ4n) is 3.42. The minimum Gasteiger partial charge on any atom is -0.326 e. The molecule has 0 bridgehead atoms. The van der Waals surface area contributed by atoms with Gasteiger partial charge in [0.15, 0.2) is 11.6 Å². The maximum atomic E-state index is 13.2. The molecule has 1 amide bonds. The Bertz CT molecular complexity index is 844. The van der Waals surface area contributed by atoms with Crippen molar-refractivity contribution in [2.24, 2.45) is 0 Å². The molecule has 1 aliphatic rings. The maximum Gasteiger partial charge on any atom is 0.225 e. The number of hydrogen-bond donors (Lipinski definition) is 1. The third-order valence-corrected chi connectivity index (χ3v) is 4.67. The number of fused-ring (bicyclic) bond motifs is 1. The summed E-state index contributed by atoms with van der Waals surface area (Å²) < 4.78 is 26.2. The lowest BCUT2D eigenvalue weighted by Crippen LogP contribution is -2.31. The molecule has 1 aliphatic carbocycles. The van der Waals surface area contributed by atoms with E-state index in [-0.39, 0.29) is 24.1 Å². The van der Waals surface area contributed by atoms with E-state index in [1.807, 2.05) is 12.1 Å². The van der Waals surface area contributed by atoms with Gasteiger partial charge in [-0.1, -0.05) is 30.2 Å². The lowest BCUT2D eigenvalue weighted by Gasteiger charge is -2.27. The lowest BCUT2D eigenvalue weighted by atomic mass is 10.1. The summed E-state index contributed by atoms with van der Waals surface area (Å²) in [5.74, 6) is 0.477. The van der Waals surface area contributed by atoms with Crippen LogP contribution >= 0.6 is 0 Å². The molecule has 2 aromatic rings. The standard InChI is InChI=1S/C21H20F2N2O/c1-2-12-25(20-10-7-15-5-3-4-6-17(15)20)13-11-21(26)24-16-8-9-18(22)19(23)14-16/h1,3-6,8-9,14,20H,7,10-13H2,(H,24,26). The first kappa shape index (κ1) is 18.1. The summed E-state index contributed by atoms with van der Waals surface area (Å²) in [6, 6.07) is 11.8. The van der Waals surface area contributed by atoms with Gasteiger partial charge in [-0.3, -0.25) is 9.69 Å². The highest BCUT2D eigenvalue weighted by atomic mass is 19.2. The molecule has 3 rings (SSSR count). The number of nitrogens with zero attached hydrogens (tertiary/aromatic N) is 1. The summed E-state index contributed by atoms with van der Waals surface area (Å²) in [5, 5.41) is 2.59. The number of hydrogen-bond acceptors (Lipinski definition) is 2. The van der Waals surface area contributed by atoms with Gasteiger partial charge in [-0.05, 0) is 36.1 Å². The van der Waals surface area contributed by atoms with Gasteiger partial charge in [-0.2, -0.15) is 0 Å². The van der Waals surface area contributed by atoms with Crippen LogP contribution in [0.3, 0.4) is 0 Å². The zero-order valence-electron chi connectivity index (χ0n) is 14.3. The largest absolute Gasteiger partial charge is 0.326 e. The average Bonchev–Trinajstić information content (AvgIpc) is 3.06. The van der Waals surface area contributed by atoms with E-state index in [0.717, 1.165) is 25.0 Å². The Morgan fingerprint density at radius 2 is 2.04 bits per heavy atom. The van der Waals surface area contributed by atoms with E-state index in [9.17, 15) is 13.6 Å². The van der Waals surface area contributed by atoms with Crippen molar-refractivity contribution in [1.82, 2.24) is 4.90 Å². The van der Waals surface area contributed by atoms with Gasteiger partial charge in [0.2, 0.25) is 5.91 Å². The predicted octanol–water partition coefficient (Wildman–Crippen LogP) is 3.92. The van der Waals surface area contributed by atoms with Crippen LogP contribution in [-0.4, -0.2) is 23.9 Å². The highest BCUT2D eigenvalue weighted by Crippen LogP contribution is 2.35. The predicted molar refractivity (Wildman–Crippen MR) is 97.5 cm³/mol. The smallest absolute Gasteiger partial charge is 0.225 e. The van der Waals surface area contributed by atoms with E-state index in [1.165, 1.54) is 17.2 Å². The van der Waals surface area contributed by atoms with Crippen molar-refractivity contribution < 1.29 is 13.6 Å². The summed E-state index contributed by atoms with van der Waals surface area (Å²) in [7, 11) is 0. The van der Waals surface area contributed by atoms with Gasteiger partial charge < -0.3 is 5.32 Å². The van der Waals surface area contributed by atoms with Crippen molar-refractivity contribution in [3.63, 3.8) is 0 Å². The van der Waals surface area contributed by atoms with Crippen LogP contribution in [0.5, 0.6) is 0 Å². The number of nitrogens with one attached hydrogen (secondary N) is 1. The van der Waals surface area contributed by atoms with Crippen molar-refractivity contribution in [3.8, 4) is 12.3 Å².